The van der Waals surface area contributed by atoms with E-state index >= 15 is 0 Å². The minimum Gasteiger partial charge on any atom is -0.489 e. The lowest BCUT2D eigenvalue weighted by Gasteiger charge is -2.14. The van der Waals surface area contributed by atoms with Crippen LogP contribution >= 0.6 is 0 Å². The molecule has 1 heterocycles. The lowest BCUT2D eigenvalue weighted by Crippen LogP contribution is -2.16. The van der Waals surface area contributed by atoms with Gasteiger partial charge in [0.2, 0.25) is 0 Å². The second-order valence-corrected chi connectivity index (χ2v) is 4.37. The van der Waals surface area contributed by atoms with Crippen LogP contribution in [0, 0.1) is 0 Å². The van der Waals surface area contributed by atoms with Gasteiger partial charge in [0.25, 0.3) is 0 Å². The SMILES string of the molecule is CCCNCc1ccc(OC(C)CCOC)cn1. The van der Waals surface area contributed by atoms with Crippen LogP contribution in [-0.2, 0) is 11.3 Å². The van der Waals surface area contributed by atoms with Crippen LogP contribution in [0.15, 0.2) is 18.3 Å². The van der Waals surface area contributed by atoms with Gasteiger partial charge in [-0.3, -0.25) is 4.98 Å². The first-order valence-corrected chi connectivity index (χ1v) is 6.57. The molecule has 0 spiro atoms. The first-order valence-electron chi connectivity index (χ1n) is 6.57. The number of nitrogens with zero attached hydrogens (tertiary/aromatic N) is 1. The van der Waals surface area contributed by atoms with Gasteiger partial charge in [0.15, 0.2) is 0 Å². The van der Waals surface area contributed by atoms with E-state index in [4.69, 9.17) is 9.47 Å². The molecule has 0 bridgehead atoms. The lowest BCUT2D eigenvalue weighted by molar-refractivity contribution is 0.135. The number of methoxy groups -OCH3 is 1. The zero-order chi connectivity index (χ0) is 13.2. The summed E-state index contributed by atoms with van der Waals surface area (Å²) in [6.07, 6.45) is 3.96. The molecule has 1 atom stereocenters. The summed E-state index contributed by atoms with van der Waals surface area (Å²) in [5.74, 6) is 0.817. The molecule has 0 aliphatic heterocycles. The quantitative estimate of drug-likeness (QED) is 0.685. The molecule has 4 heteroatoms. The highest BCUT2D eigenvalue weighted by molar-refractivity contribution is 5.20. The molecule has 1 aromatic heterocycles. The third-order valence-electron chi connectivity index (χ3n) is 2.60. The standard InChI is InChI=1S/C14H24N2O2/c1-4-8-15-10-13-5-6-14(11-16-13)18-12(2)7-9-17-3/h5-6,11-12,15H,4,7-10H2,1-3H3. The maximum atomic E-state index is 5.73. The van der Waals surface area contributed by atoms with E-state index in [2.05, 4.69) is 17.2 Å². The molecule has 102 valence electrons. The molecule has 0 aliphatic carbocycles. The molecule has 0 fully saturated rings. The van der Waals surface area contributed by atoms with Crippen molar-refractivity contribution in [2.45, 2.75) is 39.3 Å². The third-order valence-corrected chi connectivity index (χ3v) is 2.60. The summed E-state index contributed by atoms with van der Waals surface area (Å²) in [5.41, 5.74) is 1.04. The lowest BCUT2D eigenvalue weighted by atomic mass is 10.3. The molecule has 1 N–H and O–H groups in total. The molecule has 0 amide bonds. The van der Waals surface area contributed by atoms with Crippen LogP contribution in [0.5, 0.6) is 5.75 Å². The number of aromatic nitrogens is 1. The van der Waals surface area contributed by atoms with Crippen molar-refractivity contribution in [3.05, 3.63) is 24.0 Å². The van der Waals surface area contributed by atoms with Crippen LogP contribution in [-0.4, -0.2) is 31.3 Å². The van der Waals surface area contributed by atoms with Crippen molar-refractivity contribution >= 4 is 0 Å². The summed E-state index contributed by atoms with van der Waals surface area (Å²) in [5, 5.41) is 3.32. The molecule has 0 radical (unpaired) electrons. The Labute approximate surface area is 110 Å². The summed E-state index contributed by atoms with van der Waals surface area (Å²) >= 11 is 0. The Morgan fingerprint density at radius 2 is 2.22 bits per heavy atom. The Bertz CT molecular complexity index is 314. The summed E-state index contributed by atoms with van der Waals surface area (Å²) in [4.78, 5) is 4.37. The fraction of sp³-hybridized carbons (Fsp3) is 0.643. The molecule has 0 saturated carbocycles. The van der Waals surface area contributed by atoms with Crippen LogP contribution < -0.4 is 10.1 Å². The highest BCUT2D eigenvalue weighted by Crippen LogP contribution is 2.12. The van der Waals surface area contributed by atoms with Crippen LogP contribution in [0.3, 0.4) is 0 Å². The Hall–Kier alpha value is -1.13. The van der Waals surface area contributed by atoms with E-state index < -0.39 is 0 Å². The Balaban J connectivity index is 2.35. The predicted molar refractivity (Wildman–Crippen MR) is 72.8 cm³/mol. The maximum Gasteiger partial charge on any atom is 0.138 e. The molecule has 1 aromatic rings. The van der Waals surface area contributed by atoms with E-state index in [1.54, 1.807) is 13.3 Å². The number of ether oxygens (including phenoxy) is 2. The molecule has 4 nitrogen and oxygen atoms in total. The Morgan fingerprint density at radius 3 is 2.83 bits per heavy atom. The van der Waals surface area contributed by atoms with Gasteiger partial charge in [-0.25, -0.2) is 0 Å². The summed E-state index contributed by atoms with van der Waals surface area (Å²) in [6.45, 7) is 6.74. The van der Waals surface area contributed by atoms with Crippen LogP contribution in [0.25, 0.3) is 0 Å². The number of hydrogen-bond donors (Lipinski definition) is 1. The number of hydrogen-bond acceptors (Lipinski definition) is 4. The molecule has 0 saturated heterocycles. The molecule has 18 heavy (non-hydrogen) atoms. The van der Waals surface area contributed by atoms with Gasteiger partial charge in [0.1, 0.15) is 5.75 Å². The van der Waals surface area contributed by atoms with E-state index in [9.17, 15) is 0 Å². The van der Waals surface area contributed by atoms with Gasteiger partial charge < -0.3 is 14.8 Å². The van der Waals surface area contributed by atoms with E-state index in [1.165, 1.54) is 0 Å². The predicted octanol–water partition coefficient (Wildman–Crippen LogP) is 2.39. The maximum absolute atomic E-state index is 5.73. The van der Waals surface area contributed by atoms with Crippen molar-refractivity contribution < 1.29 is 9.47 Å². The van der Waals surface area contributed by atoms with Crippen molar-refractivity contribution in [1.82, 2.24) is 10.3 Å². The normalized spacial score (nSPS) is 12.4. The second-order valence-electron chi connectivity index (χ2n) is 4.37. The fourth-order valence-electron chi connectivity index (χ4n) is 1.55. The van der Waals surface area contributed by atoms with Gasteiger partial charge in [-0.05, 0) is 32.0 Å². The third kappa shape index (κ3) is 5.98. The average Bonchev–Trinajstić information content (AvgIpc) is 2.39. The van der Waals surface area contributed by atoms with Gasteiger partial charge in [0.05, 0.1) is 18.0 Å². The Kier molecular flexibility index (Phi) is 7.37. The van der Waals surface area contributed by atoms with Crippen LogP contribution in [0.4, 0.5) is 0 Å². The largest absolute Gasteiger partial charge is 0.489 e. The smallest absolute Gasteiger partial charge is 0.138 e. The van der Waals surface area contributed by atoms with Gasteiger partial charge >= 0.3 is 0 Å². The fourth-order valence-corrected chi connectivity index (χ4v) is 1.55. The minimum atomic E-state index is 0.149. The number of nitrogens with one attached hydrogen (secondary N) is 1. The van der Waals surface area contributed by atoms with E-state index in [-0.39, 0.29) is 6.10 Å². The highest BCUT2D eigenvalue weighted by atomic mass is 16.5. The van der Waals surface area contributed by atoms with Crippen molar-refractivity contribution in [2.24, 2.45) is 0 Å². The zero-order valence-corrected chi connectivity index (χ0v) is 11.6. The minimum absolute atomic E-state index is 0.149. The van der Waals surface area contributed by atoms with Gasteiger partial charge in [-0.1, -0.05) is 6.92 Å². The first kappa shape index (κ1) is 14.9. The summed E-state index contributed by atoms with van der Waals surface area (Å²) in [6, 6.07) is 3.97. The topological polar surface area (TPSA) is 43.4 Å². The van der Waals surface area contributed by atoms with Crippen molar-refractivity contribution in [2.75, 3.05) is 20.3 Å². The summed E-state index contributed by atoms with van der Waals surface area (Å²) in [7, 11) is 1.70. The highest BCUT2D eigenvalue weighted by Gasteiger charge is 2.04. The molecule has 0 aliphatic rings. The number of rotatable bonds is 9. The van der Waals surface area contributed by atoms with Crippen LogP contribution in [0.2, 0.25) is 0 Å². The van der Waals surface area contributed by atoms with E-state index in [1.807, 2.05) is 19.1 Å². The molecular formula is C14H24N2O2. The zero-order valence-electron chi connectivity index (χ0n) is 11.6. The summed E-state index contributed by atoms with van der Waals surface area (Å²) < 4.78 is 10.8. The van der Waals surface area contributed by atoms with Crippen molar-refractivity contribution in [3.63, 3.8) is 0 Å². The second kappa shape index (κ2) is 8.89. The van der Waals surface area contributed by atoms with E-state index in [0.717, 1.165) is 37.4 Å². The molecule has 1 unspecified atom stereocenters. The molecule has 1 rings (SSSR count). The number of pyridine rings is 1. The van der Waals surface area contributed by atoms with Gasteiger partial charge in [-0.2, -0.15) is 0 Å². The van der Waals surface area contributed by atoms with E-state index in [0.29, 0.717) is 6.61 Å². The molecular weight excluding hydrogens is 228 g/mol. The van der Waals surface area contributed by atoms with Crippen LogP contribution in [0.1, 0.15) is 32.4 Å². The first-order chi connectivity index (χ1) is 8.76. The van der Waals surface area contributed by atoms with Crippen molar-refractivity contribution in [3.8, 4) is 5.75 Å². The monoisotopic (exact) mass is 252 g/mol. The van der Waals surface area contributed by atoms with Gasteiger partial charge in [0, 0.05) is 26.7 Å². The van der Waals surface area contributed by atoms with Crippen molar-refractivity contribution in [1.29, 1.82) is 0 Å². The Morgan fingerprint density at radius 1 is 1.39 bits per heavy atom. The average molecular weight is 252 g/mol. The van der Waals surface area contributed by atoms with Gasteiger partial charge in [-0.15, -0.1) is 0 Å². The molecule has 0 aromatic carbocycles.